The van der Waals surface area contributed by atoms with E-state index in [0.717, 1.165) is 39.1 Å². The van der Waals surface area contributed by atoms with E-state index in [4.69, 9.17) is 4.74 Å². The van der Waals surface area contributed by atoms with Crippen molar-refractivity contribution in [2.75, 3.05) is 26.2 Å². The maximum atomic E-state index is 12.8. The van der Waals surface area contributed by atoms with Crippen LogP contribution >= 0.6 is 0 Å². The molecule has 2 heterocycles. The highest BCUT2D eigenvalue weighted by atomic mass is 16.5. The molecule has 0 spiro atoms. The zero-order valence-electron chi connectivity index (χ0n) is 12.6. The van der Waals surface area contributed by atoms with Crippen molar-refractivity contribution in [3.8, 4) is 0 Å². The summed E-state index contributed by atoms with van der Waals surface area (Å²) in [5.41, 5.74) is -0.572. The monoisotopic (exact) mass is 268 g/mol. The van der Waals surface area contributed by atoms with Crippen LogP contribution < -0.4 is 5.32 Å². The van der Waals surface area contributed by atoms with E-state index in [1.54, 1.807) is 0 Å². The minimum Gasteiger partial charge on any atom is -0.365 e. The van der Waals surface area contributed by atoms with E-state index < -0.39 is 5.60 Å². The number of hydrogen-bond acceptors (Lipinski definition) is 3. The SMILES string of the molecule is CC(C)N(CC1CCNCC1)C(=O)C1(C)CCCO1. The Morgan fingerprint density at radius 2 is 2.11 bits per heavy atom. The van der Waals surface area contributed by atoms with Crippen LogP contribution in [0, 0.1) is 5.92 Å². The predicted molar refractivity (Wildman–Crippen MR) is 76.0 cm³/mol. The van der Waals surface area contributed by atoms with Gasteiger partial charge >= 0.3 is 0 Å². The van der Waals surface area contributed by atoms with Crippen LogP contribution in [0.5, 0.6) is 0 Å². The lowest BCUT2D eigenvalue weighted by molar-refractivity contribution is -0.153. The van der Waals surface area contributed by atoms with Gasteiger partial charge in [-0.15, -0.1) is 0 Å². The molecule has 0 aromatic carbocycles. The van der Waals surface area contributed by atoms with Gasteiger partial charge in [-0.05, 0) is 65.5 Å². The average Bonchev–Trinajstić information content (AvgIpc) is 2.84. The molecule has 2 saturated heterocycles. The van der Waals surface area contributed by atoms with Crippen molar-refractivity contribution in [1.29, 1.82) is 0 Å². The number of piperidine rings is 1. The molecule has 110 valence electrons. The Hall–Kier alpha value is -0.610. The van der Waals surface area contributed by atoms with Crippen molar-refractivity contribution in [3.63, 3.8) is 0 Å². The molecule has 2 rings (SSSR count). The van der Waals surface area contributed by atoms with Crippen molar-refractivity contribution in [2.24, 2.45) is 5.92 Å². The van der Waals surface area contributed by atoms with E-state index in [0.29, 0.717) is 5.92 Å². The highest BCUT2D eigenvalue weighted by Gasteiger charge is 2.41. The summed E-state index contributed by atoms with van der Waals surface area (Å²) in [6, 6.07) is 0.253. The summed E-state index contributed by atoms with van der Waals surface area (Å²) in [5.74, 6) is 0.830. The fourth-order valence-corrected chi connectivity index (χ4v) is 3.12. The van der Waals surface area contributed by atoms with Crippen molar-refractivity contribution < 1.29 is 9.53 Å². The van der Waals surface area contributed by atoms with E-state index in [2.05, 4.69) is 19.2 Å². The van der Waals surface area contributed by atoms with Crippen LogP contribution in [0.4, 0.5) is 0 Å². The van der Waals surface area contributed by atoms with Gasteiger partial charge in [-0.1, -0.05) is 0 Å². The average molecular weight is 268 g/mol. The summed E-state index contributed by atoms with van der Waals surface area (Å²) in [7, 11) is 0. The Morgan fingerprint density at radius 1 is 1.42 bits per heavy atom. The molecule has 0 bridgehead atoms. The number of carbonyl (C=O) groups excluding carboxylic acids is 1. The first-order chi connectivity index (χ1) is 9.03. The quantitative estimate of drug-likeness (QED) is 0.845. The van der Waals surface area contributed by atoms with Crippen LogP contribution in [-0.2, 0) is 9.53 Å². The molecule has 1 N–H and O–H groups in total. The number of nitrogens with zero attached hydrogens (tertiary/aromatic N) is 1. The summed E-state index contributed by atoms with van der Waals surface area (Å²) in [5, 5.41) is 3.38. The molecular weight excluding hydrogens is 240 g/mol. The third-order valence-corrected chi connectivity index (χ3v) is 4.47. The lowest BCUT2D eigenvalue weighted by Crippen LogP contribution is -2.51. The second-order valence-electron chi connectivity index (χ2n) is 6.43. The van der Waals surface area contributed by atoms with Gasteiger partial charge in [0.1, 0.15) is 5.60 Å². The maximum absolute atomic E-state index is 12.8. The molecule has 1 unspecified atom stereocenters. The molecule has 1 atom stereocenters. The molecule has 2 aliphatic heterocycles. The van der Waals surface area contributed by atoms with Crippen molar-refractivity contribution in [2.45, 2.75) is 58.1 Å². The predicted octanol–water partition coefficient (Wildman–Crippen LogP) is 1.79. The van der Waals surface area contributed by atoms with E-state index in [-0.39, 0.29) is 11.9 Å². The lowest BCUT2D eigenvalue weighted by atomic mass is 9.94. The van der Waals surface area contributed by atoms with Crippen molar-refractivity contribution in [3.05, 3.63) is 0 Å². The van der Waals surface area contributed by atoms with Crippen LogP contribution in [0.3, 0.4) is 0 Å². The molecule has 4 nitrogen and oxygen atoms in total. The molecule has 2 fully saturated rings. The first-order valence-corrected chi connectivity index (χ1v) is 7.69. The van der Waals surface area contributed by atoms with Crippen LogP contribution in [0.15, 0.2) is 0 Å². The van der Waals surface area contributed by atoms with Gasteiger partial charge < -0.3 is 15.0 Å². The third kappa shape index (κ3) is 3.48. The Balaban J connectivity index is 2.00. The first kappa shape index (κ1) is 14.8. The second kappa shape index (κ2) is 6.23. The van der Waals surface area contributed by atoms with Crippen LogP contribution in [-0.4, -0.2) is 48.7 Å². The smallest absolute Gasteiger partial charge is 0.254 e. The number of amides is 1. The summed E-state index contributed by atoms with van der Waals surface area (Å²) < 4.78 is 5.72. The van der Waals surface area contributed by atoms with Crippen molar-refractivity contribution >= 4 is 5.91 Å². The number of hydrogen-bond donors (Lipinski definition) is 1. The zero-order chi connectivity index (χ0) is 13.9. The van der Waals surface area contributed by atoms with Crippen LogP contribution in [0.2, 0.25) is 0 Å². The standard InChI is InChI=1S/C15H28N2O2/c1-12(2)17(11-13-5-8-16-9-6-13)14(18)15(3)7-4-10-19-15/h12-13,16H,4-11H2,1-3H3. The Labute approximate surface area is 116 Å². The summed E-state index contributed by atoms with van der Waals surface area (Å²) in [6.07, 6.45) is 4.21. The molecule has 0 saturated carbocycles. The molecule has 0 aliphatic carbocycles. The van der Waals surface area contributed by atoms with Gasteiger partial charge in [-0.3, -0.25) is 4.79 Å². The Kier molecular flexibility index (Phi) is 4.85. The highest BCUT2D eigenvalue weighted by molar-refractivity contribution is 5.85. The molecule has 0 aromatic rings. The minimum atomic E-state index is -0.572. The largest absolute Gasteiger partial charge is 0.365 e. The molecule has 2 aliphatic rings. The topological polar surface area (TPSA) is 41.6 Å². The van der Waals surface area contributed by atoms with Gasteiger partial charge in [0.2, 0.25) is 0 Å². The van der Waals surface area contributed by atoms with E-state index in [1.165, 1.54) is 12.8 Å². The fourth-order valence-electron chi connectivity index (χ4n) is 3.12. The van der Waals surface area contributed by atoms with E-state index in [1.807, 2.05) is 11.8 Å². The summed E-state index contributed by atoms with van der Waals surface area (Å²) >= 11 is 0. The maximum Gasteiger partial charge on any atom is 0.254 e. The number of rotatable bonds is 4. The number of carbonyl (C=O) groups is 1. The molecule has 4 heteroatoms. The minimum absolute atomic E-state index is 0.193. The zero-order valence-corrected chi connectivity index (χ0v) is 12.6. The summed E-state index contributed by atoms with van der Waals surface area (Å²) in [4.78, 5) is 14.8. The first-order valence-electron chi connectivity index (χ1n) is 7.69. The fraction of sp³-hybridized carbons (Fsp3) is 0.933. The van der Waals surface area contributed by atoms with Gasteiger partial charge in [0.15, 0.2) is 0 Å². The molecule has 0 radical (unpaired) electrons. The van der Waals surface area contributed by atoms with E-state index >= 15 is 0 Å². The molecule has 0 aromatic heterocycles. The molecule has 1 amide bonds. The van der Waals surface area contributed by atoms with E-state index in [9.17, 15) is 4.79 Å². The number of nitrogens with one attached hydrogen (secondary N) is 1. The Morgan fingerprint density at radius 3 is 2.63 bits per heavy atom. The van der Waals surface area contributed by atoms with Gasteiger partial charge in [0, 0.05) is 19.2 Å². The van der Waals surface area contributed by atoms with Crippen LogP contribution in [0.1, 0.15) is 46.5 Å². The third-order valence-electron chi connectivity index (χ3n) is 4.47. The van der Waals surface area contributed by atoms with Gasteiger partial charge in [0.05, 0.1) is 0 Å². The van der Waals surface area contributed by atoms with Crippen LogP contribution in [0.25, 0.3) is 0 Å². The van der Waals surface area contributed by atoms with Gasteiger partial charge in [-0.2, -0.15) is 0 Å². The highest BCUT2D eigenvalue weighted by Crippen LogP contribution is 2.29. The van der Waals surface area contributed by atoms with Gasteiger partial charge in [-0.25, -0.2) is 0 Å². The summed E-state index contributed by atoms with van der Waals surface area (Å²) in [6.45, 7) is 9.95. The lowest BCUT2D eigenvalue weighted by Gasteiger charge is -2.37. The van der Waals surface area contributed by atoms with Gasteiger partial charge in [0.25, 0.3) is 5.91 Å². The second-order valence-corrected chi connectivity index (χ2v) is 6.43. The number of ether oxygens (including phenoxy) is 1. The normalized spacial score (nSPS) is 28.8. The van der Waals surface area contributed by atoms with Crippen molar-refractivity contribution in [1.82, 2.24) is 10.2 Å². The molecular formula is C15H28N2O2. The molecule has 19 heavy (non-hydrogen) atoms. The Bertz CT molecular complexity index is 305.